The quantitative estimate of drug-likeness (QED) is 0.358. The van der Waals surface area contributed by atoms with Crippen molar-refractivity contribution in [3.63, 3.8) is 0 Å². The second kappa shape index (κ2) is 7.24. The highest BCUT2D eigenvalue weighted by atomic mass is 35.5. The van der Waals surface area contributed by atoms with Crippen molar-refractivity contribution in [3.8, 4) is 5.75 Å². The molecule has 21 heavy (non-hydrogen) atoms. The molecule has 0 aliphatic heterocycles. The van der Waals surface area contributed by atoms with Gasteiger partial charge in [-0.25, -0.2) is 0 Å². The summed E-state index contributed by atoms with van der Waals surface area (Å²) in [5, 5.41) is 11.0. The molecule has 1 rings (SSSR count). The molecule has 0 amide bonds. The first-order valence-electron chi connectivity index (χ1n) is 6.22. The lowest BCUT2D eigenvalue weighted by molar-refractivity contribution is -0.385. The zero-order valence-corrected chi connectivity index (χ0v) is 12.6. The summed E-state index contributed by atoms with van der Waals surface area (Å²) in [6.07, 6.45) is 0.738. The van der Waals surface area contributed by atoms with Gasteiger partial charge in [-0.15, -0.1) is 0 Å². The zero-order valence-electron chi connectivity index (χ0n) is 11.8. The number of para-hydroxylation sites is 1. The van der Waals surface area contributed by atoms with Crippen LogP contribution in [0.3, 0.4) is 0 Å². The standard InChI is InChI=1S/C13H17ClN2O5/c1-13(15,12(17)20-2)7-4-8-21-11-9(14)5-3-6-10(11)16(18)19/h3,5-6H,4,7-8,15H2,1-2H3. The summed E-state index contributed by atoms with van der Waals surface area (Å²) in [6, 6.07) is 4.29. The number of carbonyl (C=O) groups excluding carboxylic acids is 1. The third-order valence-electron chi connectivity index (χ3n) is 2.88. The summed E-state index contributed by atoms with van der Waals surface area (Å²) in [5.74, 6) is -0.507. The van der Waals surface area contributed by atoms with Gasteiger partial charge < -0.3 is 15.2 Å². The molecule has 0 fully saturated rings. The minimum absolute atomic E-state index is 0.0148. The summed E-state index contributed by atoms with van der Waals surface area (Å²) in [7, 11) is 1.26. The van der Waals surface area contributed by atoms with E-state index in [0.29, 0.717) is 12.8 Å². The molecular weight excluding hydrogens is 300 g/mol. The van der Waals surface area contributed by atoms with Crippen LogP contribution in [0.25, 0.3) is 0 Å². The first-order valence-corrected chi connectivity index (χ1v) is 6.60. The molecule has 0 aromatic heterocycles. The fourth-order valence-corrected chi connectivity index (χ4v) is 1.96. The minimum atomic E-state index is -1.12. The number of ether oxygens (including phenoxy) is 2. The van der Waals surface area contributed by atoms with E-state index in [1.54, 1.807) is 6.92 Å². The third kappa shape index (κ3) is 4.57. The Balaban J connectivity index is 2.62. The van der Waals surface area contributed by atoms with Crippen molar-refractivity contribution >= 4 is 23.3 Å². The minimum Gasteiger partial charge on any atom is -0.486 e. The second-order valence-electron chi connectivity index (χ2n) is 4.71. The molecule has 0 saturated carbocycles. The summed E-state index contributed by atoms with van der Waals surface area (Å²) in [6.45, 7) is 1.70. The fraction of sp³-hybridized carbons (Fsp3) is 0.462. The highest BCUT2D eigenvalue weighted by molar-refractivity contribution is 6.32. The maximum Gasteiger partial charge on any atom is 0.325 e. The monoisotopic (exact) mass is 316 g/mol. The molecule has 1 aromatic rings. The highest BCUT2D eigenvalue weighted by Crippen LogP contribution is 2.34. The van der Waals surface area contributed by atoms with E-state index in [1.165, 1.54) is 25.3 Å². The van der Waals surface area contributed by atoms with Crippen LogP contribution in [0.15, 0.2) is 18.2 Å². The molecule has 0 bridgehead atoms. The van der Waals surface area contributed by atoms with Crippen LogP contribution in [0.5, 0.6) is 5.75 Å². The van der Waals surface area contributed by atoms with Crippen LogP contribution >= 0.6 is 11.6 Å². The molecule has 0 aliphatic rings. The molecule has 0 aliphatic carbocycles. The lowest BCUT2D eigenvalue weighted by Crippen LogP contribution is -2.45. The van der Waals surface area contributed by atoms with Crippen molar-refractivity contribution < 1.29 is 19.2 Å². The van der Waals surface area contributed by atoms with Gasteiger partial charge in [-0.1, -0.05) is 17.7 Å². The highest BCUT2D eigenvalue weighted by Gasteiger charge is 2.29. The lowest BCUT2D eigenvalue weighted by Gasteiger charge is -2.21. The van der Waals surface area contributed by atoms with Crippen LogP contribution in [0, 0.1) is 10.1 Å². The van der Waals surface area contributed by atoms with Crippen molar-refractivity contribution in [3.05, 3.63) is 33.3 Å². The Bertz CT molecular complexity index is 533. The summed E-state index contributed by atoms with van der Waals surface area (Å²) >= 11 is 5.89. The van der Waals surface area contributed by atoms with Gasteiger partial charge in [0.05, 0.1) is 23.7 Å². The van der Waals surface area contributed by atoms with E-state index in [1.807, 2.05) is 0 Å². The van der Waals surface area contributed by atoms with E-state index < -0.39 is 16.4 Å². The number of hydrogen-bond acceptors (Lipinski definition) is 6. The maximum atomic E-state index is 11.4. The van der Waals surface area contributed by atoms with E-state index in [4.69, 9.17) is 22.1 Å². The Hall–Kier alpha value is -1.86. The topological polar surface area (TPSA) is 105 Å². The second-order valence-corrected chi connectivity index (χ2v) is 5.11. The number of nitro groups is 1. The summed E-state index contributed by atoms with van der Waals surface area (Å²) < 4.78 is 9.94. The van der Waals surface area contributed by atoms with Gasteiger partial charge in [0.25, 0.3) is 0 Å². The first kappa shape index (κ1) is 17.2. The van der Waals surface area contributed by atoms with E-state index in [-0.39, 0.29) is 23.1 Å². The van der Waals surface area contributed by atoms with Crippen LogP contribution in [0.4, 0.5) is 5.69 Å². The Morgan fingerprint density at radius 3 is 2.76 bits per heavy atom. The number of nitro benzene ring substituents is 1. The molecule has 7 nitrogen and oxygen atoms in total. The first-order chi connectivity index (χ1) is 9.79. The van der Waals surface area contributed by atoms with Crippen LogP contribution in [-0.4, -0.2) is 30.1 Å². The summed E-state index contributed by atoms with van der Waals surface area (Å²) in [4.78, 5) is 21.7. The van der Waals surface area contributed by atoms with Gasteiger partial charge in [-0.05, 0) is 25.8 Å². The number of halogens is 1. The van der Waals surface area contributed by atoms with Gasteiger partial charge in [0.1, 0.15) is 5.54 Å². The number of hydrogen-bond donors (Lipinski definition) is 1. The molecule has 1 unspecified atom stereocenters. The average Bonchev–Trinajstić information content (AvgIpc) is 2.43. The smallest absolute Gasteiger partial charge is 0.325 e. The molecule has 0 spiro atoms. The van der Waals surface area contributed by atoms with Gasteiger partial charge in [0.2, 0.25) is 5.75 Å². The van der Waals surface area contributed by atoms with E-state index in [9.17, 15) is 14.9 Å². The molecule has 0 radical (unpaired) electrons. The Morgan fingerprint density at radius 2 is 2.19 bits per heavy atom. The predicted molar refractivity (Wildman–Crippen MR) is 77.4 cm³/mol. The van der Waals surface area contributed by atoms with Crippen LogP contribution < -0.4 is 10.5 Å². The van der Waals surface area contributed by atoms with Gasteiger partial charge in [-0.2, -0.15) is 0 Å². The fourth-order valence-electron chi connectivity index (χ4n) is 1.73. The Kier molecular flexibility index (Phi) is 5.92. The van der Waals surface area contributed by atoms with Crippen molar-refractivity contribution in [2.24, 2.45) is 5.73 Å². The van der Waals surface area contributed by atoms with E-state index in [2.05, 4.69) is 4.74 Å². The average molecular weight is 317 g/mol. The predicted octanol–water partition coefficient (Wildman–Crippen LogP) is 2.30. The van der Waals surface area contributed by atoms with Crippen LogP contribution in [0.2, 0.25) is 5.02 Å². The number of nitrogens with zero attached hydrogens (tertiary/aromatic N) is 1. The van der Waals surface area contributed by atoms with E-state index >= 15 is 0 Å². The molecule has 2 N–H and O–H groups in total. The SMILES string of the molecule is COC(=O)C(C)(N)CCCOc1c(Cl)cccc1[N+](=O)[O-]. The molecule has 1 aromatic carbocycles. The summed E-state index contributed by atoms with van der Waals surface area (Å²) in [5.41, 5.74) is 4.47. The largest absolute Gasteiger partial charge is 0.486 e. The third-order valence-corrected chi connectivity index (χ3v) is 3.18. The Labute approximate surface area is 127 Å². The number of esters is 1. The van der Waals surface area contributed by atoms with Crippen molar-refractivity contribution in [2.45, 2.75) is 25.3 Å². The normalized spacial score (nSPS) is 13.3. The molecule has 0 heterocycles. The van der Waals surface area contributed by atoms with Gasteiger partial charge >= 0.3 is 11.7 Å². The van der Waals surface area contributed by atoms with Crippen molar-refractivity contribution in [1.82, 2.24) is 0 Å². The zero-order chi connectivity index (χ0) is 16.0. The number of rotatable bonds is 7. The number of carbonyl (C=O) groups is 1. The lowest BCUT2D eigenvalue weighted by atomic mass is 9.98. The molecule has 1 atom stereocenters. The van der Waals surface area contributed by atoms with Gasteiger partial charge in [0.15, 0.2) is 0 Å². The van der Waals surface area contributed by atoms with Crippen molar-refractivity contribution in [1.29, 1.82) is 0 Å². The molecule has 8 heteroatoms. The Morgan fingerprint density at radius 1 is 1.52 bits per heavy atom. The molecule has 0 saturated heterocycles. The maximum absolute atomic E-state index is 11.4. The number of methoxy groups -OCH3 is 1. The molecular formula is C13H17ClN2O5. The number of nitrogens with two attached hydrogens (primary N) is 1. The van der Waals surface area contributed by atoms with Crippen LogP contribution in [-0.2, 0) is 9.53 Å². The number of benzene rings is 1. The van der Waals surface area contributed by atoms with E-state index in [0.717, 1.165) is 0 Å². The van der Waals surface area contributed by atoms with Crippen LogP contribution in [0.1, 0.15) is 19.8 Å². The van der Waals surface area contributed by atoms with Crippen molar-refractivity contribution in [2.75, 3.05) is 13.7 Å². The molecule has 116 valence electrons. The van der Waals surface area contributed by atoms with Gasteiger partial charge in [0, 0.05) is 6.07 Å². The van der Waals surface area contributed by atoms with Gasteiger partial charge in [-0.3, -0.25) is 14.9 Å².